The summed E-state index contributed by atoms with van der Waals surface area (Å²) in [7, 11) is -3.57. The Morgan fingerprint density at radius 3 is 2.11 bits per heavy atom. The topological polar surface area (TPSA) is 58.5 Å². The van der Waals surface area contributed by atoms with Gasteiger partial charge in [-0.25, -0.2) is 4.83 Å². The minimum absolute atomic E-state index is 0.157. The molecule has 18 heavy (non-hydrogen) atoms. The molecule has 5 heteroatoms. The standard InChI is InChI=1S/C13H20N2O2S/c1-10-6-8-12(9-7-10)18(16,17)15-14-11(2)13(3,4)5/h6-9,15H,1-5H3. The Kier molecular flexibility index (Phi) is 4.16. The van der Waals surface area contributed by atoms with Gasteiger partial charge in [0.05, 0.1) is 4.90 Å². The van der Waals surface area contributed by atoms with Crippen molar-refractivity contribution in [3.8, 4) is 0 Å². The van der Waals surface area contributed by atoms with Gasteiger partial charge >= 0.3 is 0 Å². The first kappa shape index (κ1) is 14.7. The van der Waals surface area contributed by atoms with Crippen LogP contribution in [0, 0.1) is 12.3 Å². The van der Waals surface area contributed by atoms with Crippen LogP contribution >= 0.6 is 0 Å². The fourth-order valence-corrected chi connectivity index (χ4v) is 1.92. The van der Waals surface area contributed by atoms with E-state index in [0.717, 1.165) is 11.3 Å². The molecule has 1 aromatic carbocycles. The number of sulfonamides is 1. The third kappa shape index (κ3) is 3.84. The zero-order valence-electron chi connectivity index (χ0n) is 11.5. The lowest BCUT2D eigenvalue weighted by Gasteiger charge is -2.17. The van der Waals surface area contributed by atoms with Crippen molar-refractivity contribution in [2.24, 2.45) is 10.5 Å². The highest BCUT2D eigenvalue weighted by Crippen LogP contribution is 2.16. The molecule has 0 spiro atoms. The number of hydrazone groups is 1. The maximum Gasteiger partial charge on any atom is 0.276 e. The van der Waals surface area contributed by atoms with Gasteiger partial charge in [0.25, 0.3) is 10.0 Å². The van der Waals surface area contributed by atoms with Gasteiger partial charge in [-0.3, -0.25) is 0 Å². The molecule has 0 unspecified atom stereocenters. The van der Waals surface area contributed by atoms with E-state index in [4.69, 9.17) is 0 Å². The van der Waals surface area contributed by atoms with E-state index in [1.165, 1.54) is 0 Å². The average molecular weight is 268 g/mol. The fraction of sp³-hybridized carbons (Fsp3) is 0.462. The Morgan fingerprint density at radius 1 is 1.17 bits per heavy atom. The number of aryl methyl sites for hydroxylation is 1. The summed E-state index contributed by atoms with van der Waals surface area (Å²) in [5, 5.41) is 3.94. The van der Waals surface area contributed by atoms with Gasteiger partial charge in [-0.2, -0.15) is 13.5 Å². The zero-order chi connectivity index (χ0) is 14.0. The van der Waals surface area contributed by atoms with Crippen molar-refractivity contribution in [2.45, 2.75) is 39.5 Å². The Bertz CT molecular complexity index is 537. The van der Waals surface area contributed by atoms with Crippen molar-refractivity contribution in [1.82, 2.24) is 4.83 Å². The highest BCUT2D eigenvalue weighted by atomic mass is 32.2. The molecule has 0 aliphatic heterocycles. The van der Waals surface area contributed by atoms with Gasteiger partial charge in [-0.05, 0) is 26.0 Å². The first-order valence-corrected chi connectivity index (χ1v) is 7.24. The van der Waals surface area contributed by atoms with E-state index in [0.29, 0.717) is 0 Å². The SMILES string of the molecule is CC(=NNS(=O)(=O)c1ccc(C)cc1)C(C)(C)C. The molecule has 0 bridgehead atoms. The summed E-state index contributed by atoms with van der Waals surface area (Å²) in [6.07, 6.45) is 0. The summed E-state index contributed by atoms with van der Waals surface area (Å²) in [6.45, 7) is 9.65. The highest BCUT2D eigenvalue weighted by molar-refractivity contribution is 7.89. The van der Waals surface area contributed by atoms with Gasteiger partial charge in [-0.1, -0.05) is 38.5 Å². The van der Waals surface area contributed by atoms with Crippen molar-refractivity contribution >= 4 is 15.7 Å². The number of rotatable bonds is 3. The first-order chi connectivity index (χ1) is 8.13. The molecule has 0 saturated carbocycles. The lowest BCUT2D eigenvalue weighted by atomic mass is 9.91. The van der Waals surface area contributed by atoms with Gasteiger partial charge in [0.15, 0.2) is 0 Å². The van der Waals surface area contributed by atoms with E-state index in [2.05, 4.69) is 9.93 Å². The van der Waals surface area contributed by atoms with Crippen LogP contribution in [0.3, 0.4) is 0 Å². The number of hydrogen-bond acceptors (Lipinski definition) is 3. The molecule has 100 valence electrons. The van der Waals surface area contributed by atoms with E-state index in [-0.39, 0.29) is 10.3 Å². The van der Waals surface area contributed by atoms with Crippen LogP contribution in [0.2, 0.25) is 0 Å². The predicted molar refractivity (Wildman–Crippen MR) is 74.1 cm³/mol. The molecule has 0 radical (unpaired) electrons. The van der Waals surface area contributed by atoms with Crippen molar-refractivity contribution < 1.29 is 8.42 Å². The summed E-state index contributed by atoms with van der Waals surface area (Å²) >= 11 is 0. The second-order valence-corrected chi connectivity index (χ2v) is 7.02. The number of nitrogens with zero attached hydrogens (tertiary/aromatic N) is 1. The molecule has 1 aromatic rings. The zero-order valence-corrected chi connectivity index (χ0v) is 12.3. The quantitative estimate of drug-likeness (QED) is 0.677. The first-order valence-electron chi connectivity index (χ1n) is 5.76. The molecule has 0 aliphatic carbocycles. The van der Waals surface area contributed by atoms with Crippen molar-refractivity contribution in [2.75, 3.05) is 0 Å². The second kappa shape index (κ2) is 5.10. The van der Waals surface area contributed by atoms with Crippen LogP contribution in [-0.2, 0) is 10.0 Å². The number of hydrogen-bond donors (Lipinski definition) is 1. The monoisotopic (exact) mass is 268 g/mol. The van der Waals surface area contributed by atoms with Crippen LogP contribution in [0.15, 0.2) is 34.3 Å². The Balaban J connectivity index is 2.94. The van der Waals surface area contributed by atoms with E-state index in [1.807, 2.05) is 27.7 Å². The van der Waals surface area contributed by atoms with Crippen LogP contribution in [0.1, 0.15) is 33.3 Å². The van der Waals surface area contributed by atoms with Crippen LogP contribution < -0.4 is 4.83 Å². The molecular formula is C13H20N2O2S. The van der Waals surface area contributed by atoms with Crippen molar-refractivity contribution in [3.05, 3.63) is 29.8 Å². The predicted octanol–water partition coefficient (Wildman–Crippen LogP) is 2.70. The lowest BCUT2D eigenvalue weighted by Crippen LogP contribution is -2.24. The van der Waals surface area contributed by atoms with Crippen LogP contribution in [0.25, 0.3) is 0 Å². The molecule has 0 heterocycles. The van der Waals surface area contributed by atoms with Gasteiger partial charge in [0.1, 0.15) is 0 Å². The maximum atomic E-state index is 12.0. The Morgan fingerprint density at radius 2 is 1.67 bits per heavy atom. The van der Waals surface area contributed by atoms with Gasteiger partial charge in [-0.15, -0.1) is 0 Å². The minimum Gasteiger partial charge on any atom is -0.200 e. The number of nitrogens with one attached hydrogen (secondary N) is 1. The van der Waals surface area contributed by atoms with E-state index < -0.39 is 10.0 Å². The normalized spacial score (nSPS) is 13.5. The van der Waals surface area contributed by atoms with E-state index in [1.54, 1.807) is 31.2 Å². The molecule has 1 N–H and O–H groups in total. The van der Waals surface area contributed by atoms with Crippen LogP contribution in [0.5, 0.6) is 0 Å². The molecule has 0 atom stereocenters. The maximum absolute atomic E-state index is 12.0. The lowest BCUT2D eigenvalue weighted by molar-refractivity contribution is 0.571. The van der Waals surface area contributed by atoms with Crippen molar-refractivity contribution in [3.63, 3.8) is 0 Å². The molecule has 0 saturated heterocycles. The van der Waals surface area contributed by atoms with Crippen molar-refractivity contribution in [1.29, 1.82) is 0 Å². The molecule has 4 nitrogen and oxygen atoms in total. The van der Waals surface area contributed by atoms with Gasteiger partial charge in [0.2, 0.25) is 0 Å². The number of benzene rings is 1. The fourth-order valence-electron chi connectivity index (χ4n) is 1.07. The van der Waals surface area contributed by atoms with E-state index >= 15 is 0 Å². The average Bonchev–Trinajstić information content (AvgIpc) is 2.25. The molecule has 0 aliphatic rings. The minimum atomic E-state index is -3.57. The third-order valence-electron chi connectivity index (χ3n) is 2.75. The molecule has 0 amide bonds. The molecule has 0 aromatic heterocycles. The van der Waals surface area contributed by atoms with Gasteiger partial charge < -0.3 is 0 Å². The smallest absolute Gasteiger partial charge is 0.200 e. The molecular weight excluding hydrogens is 248 g/mol. The molecule has 1 rings (SSSR count). The Labute approximate surface area is 109 Å². The van der Waals surface area contributed by atoms with Crippen LogP contribution in [0.4, 0.5) is 0 Å². The van der Waals surface area contributed by atoms with E-state index in [9.17, 15) is 8.42 Å². The van der Waals surface area contributed by atoms with Crippen LogP contribution in [-0.4, -0.2) is 14.1 Å². The summed E-state index contributed by atoms with van der Waals surface area (Å²) in [6, 6.07) is 6.66. The third-order valence-corrected chi connectivity index (χ3v) is 3.97. The summed E-state index contributed by atoms with van der Waals surface area (Å²) in [4.78, 5) is 2.48. The Hall–Kier alpha value is -1.36. The summed E-state index contributed by atoms with van der Waals surface area (Å²) < 4.78 is 23.9. The summed E-state index contributed by atoms with van der Waals surface area (Å²) in [5.74, 6) is 0. The summed E-state index contributed by atoms with van der Waals surface area (Å²) in [5.41, 5.74) is 1.59. The van der Waals surface area contributed by atoms with Gasteiger partial charge in [0, 0.05) is 11.1 Å². The largest absolute Gasteiger partial charge is 0.276 e. The highest BCUT2D eigenvalue weighted by Gasteiger charge is 2.17. The molecule has 0 fully saturated rings. The second-order valence-electron chi connectivity index (χ2n) is 5.35.